The SMILES string of the molecule is COc1cc(F)c(NNC(=O)CNc2ccc(C(=N)N)cc2)cc1OC.Cl.Cl. The summed E-state index contributed by atoms with van der Waals surface area (Å²) in [5.74, 6) is -0.465. The fourth-order valence-corrected chi connectivity index (χ4v) is 2.08. The molecule has 0 aromatic heterocycles. The van der Waals surface area contributed by atoms with Crippen LogP contribution in [0.1, 0.15) is 5.56 Å². The van der Waals surface area contributed by atoms with Crippen LogP contribution < -0.4 is 31.4 Å². The van der Waals surface area contributed by atoms with Crippen LogP contribution in [0.25, 0.3) is 0 Å². The second-order valence-corrected chi connectivity index (χ2v) is 5.20. The van der Waals surface area contributed by atoms with E-state index in [9.17, 15) is 9.18 Å². The molecule has 0 saturated carbocycles. The van der Waals surface area contributed by atoms with E-state index >= 15 is 0 Å². The molecule has 0 atom stereocenters. The van der Waals surface area contributed by atoms with E-state index < -0.39 is 11.7 Å². The summed E-state index contributed by atoms with van der Waals surface area (Å²) in [6, 6.07) is 9.26. The average molecular weight is 434 g/mol. The molecule has 8 nitrogen and oxygen atoms in total. The Hall–Kier alpha value is -2.91. The molecule has 0 fully saturated rings. The normalized spacial score (nSPS) is 9.25. The number of carbonyl (C=O) groups excluding carboxylic acids is 1. The number of anilines is 2. The molecule has 28 heavy (non-hydrogen) atoms. The molecule has 154 valence electrons. The molecule has 0 bridgehead atoms. The molecule has 0 radical (unpaired) electrons. The second kappa shape index (κ2) is 11.7. The van der Waals surface area contributed by atoms with Crippen LogP contribution >= 0.6 is 24.8 Å². The first-order chi connectivity index (χ1) is 12.4. The van der Waals surface area contributed by atoms with Crippen molar-refractivity contribution in [2.75, 3.05) is 31.5 Å². The number of rotatable bonds is 8. The van der Waals surface area contributed by atoms with Gasteiger partial charge >= 0.3 is 0 Å². The molecule has 2 aromatic carbocycles. The highest BCUT2D eigenvalue weighted by molar-refractivity contribution is 5.95. The predicted molar refractivity (Wildman–Crippen MR) is 112 cm³/mol. The van der Waals surface area contributed by atoms with Crippen LogP contribution in [0, 0.1) is 11.2 Å². The number of halogens is 3. The van der Waals surface area contributed by atoms with Crippen LogP contribution in [-0.2, 0) is 4.79 Å². The Morgan fingerprint density at radius 1 is 1.11 bits per heavy atom. The minimum absolute atomic E-state index is 0. The zero-order chi connectivity index (χ0) is 19.1. The zero-order valence-electron chi connectivity index (χ0n) is 15.2. The lowest BCUT2D eigenvalue weighted by atomic mass is 10.2. The Morgan fingerprint density at radius 3 is 2.21 bits per heavy atom. The summed E-state index contributed by atoms with van der Waals surface area (Å²) in [4.78, 5) is 11.9. The molecule has 0 aliphatic rings. The number of nitrogens with two attached hydrogens (primary N) is 1. The van der Waals surface area contributed by atoms with Crippen LogP contribution in [0.3, 0.4) is 0 Å². The summed E-state index contributed by atoms with van der Waals surface area (Å²) < 4.78 is 24.1. The molecule has 0 saturated heterocycles. The number of benzene rings is 2. The maximum absolute atomic E-state index is 14.0. The number of carbonyl (C=O) groups is 1. The number of amides is 1. The van der Waals surface area contributed by atoms with Crippen molar-refractivity contribution in [1.29, 1.82) is 5.41 Å². The number of ether oxygens (including phenoxy) is 2. The number of hydrogen-bond donors (Lipinski definition) is 5. The fraction of sp³-hybridized carbons (Fsp3) is 0.176. The van der Waals surface area contributed by atoms with Gasteiger partial charge in [-0.2, -0.15) is 0 Å². The molecule has 0 unspecified atom stereocenters. The predicted octanol–water partition coefficient (Wildman–Crippen LogP) is 2.53. The van der Waals surface area contributed by atoms with Crippen molar-refractivity contribution in [2.45, 2.75) is 0 Å². The van der Waals surface area contributed by atoms with Gasteiger partial charge < -0.3 is 20.5 Å². The molecule has 2 aromatic rings. The maximum Gasteiger partial charge on any atom is 0.257 e. The van der Waals surface area contributed by atoms with Crippen LogP contribution in [-0.4, -0.2) is 32.5 Å². The Balaban J connectivity index is 0.00000364. The van der Waals surface area contributed by atoms with Gasteiger partial charge in [-0.15, -0.1) is 24.8 Å². The molecule has 0 aliphatic carbocycles. The van der Waals surface area contributed by atoms with Gasteiger partial charge in [0.1, 0.15) is 5.84 Å². The molecule has 1 amide bonds. The third-order valence-electron chi connectivity index (χ3n) is 3.46. The molecule has 0 spiro atoms. The standard InChI is InChI=1S/C17H20FN5O3.2ClH/c1-25-14-7-12(18)13(8-15(14)26-2)22-23-16(24)9-21-11-5-3-10(4-6-11)17(19)20;;/h3-8,21-22H,9H2,1-2H3,(H3,19,20)(H,23,24);2*1H. The summed E-state index contributed by atoms with van der Waals surface area (Å²) in [5.41, 5.74) is 11.6. The number of methoxy groups -OCH3 is 2. The first-order valence-electron chi connectivity index (χ1n) is 7.59. The lowest BCUT2D eigenvalue weighted by molar-refractivity contribution is -0.118. The van der Waals surface area contributed by atoms with Gasteiger partial charge in [-0.1, -0.05) is 0 Å². The van der Waals surface area contributed by atoms with Gasteiger partial charge in [0.15, 0.2) is 17.3 Å². The zero-order valence-corrected chi connectivity index (χ0v) is 16.8. The highest BCUT2D eigenvalue weighted by Crippen LogP contribution is 2.31. The van der Waals surface area contributed by atoms with E-state index in [1.54, 1.807) is 24.3 Å². The summed E-state index contributed by atoms with van der Waals surface area (Å²) >= 11 is 0. The van der Waals surface area contributed by atoms with Gasteiger partial charge in [-0.05, 0) is 24.3 Å². The molecular weight excluding hydrogens is 412 g/mol. The number of hydrazine groups is 1. The van der Waals surface area contributed by atoms with Gasteiger partial charge in [0.2, 0.25) is 0 Å². The Bertz CT molecular complexity index is 806. The minimum atomic E-state index is -0.601. The number of amidine groups is 1. The Morgan fingerprint density at radius 2 is 1.68 bits per heavy atom. The molecule has 6 N–H and O–H groups in total. The number of nitrogens with one attached hydrogen (secondary N) is 4. The van der Waals surface area contributed by atoms with Crippen LogP contribution in [0.5, 0.6) is 11.5 Å². The molecule has 2 rings (SSSR count). The average Bonchev–Trinajstić information content (AvgIpc) is 2.65. The summed E-state index contributed by atoms with van der Waals surface area (Å²) in [6.45, 7) is -0.0404. The quantitative estimate of drug-likeness (QED) is 0.247. The highest BCUT2D eigenvalue weighted by Gasteiger charge is 2.11. The van der Waals surface area contributed by atoms with Gasteiger partial charge in [0.05, 0.1) is 26.5 Å². The van der Waals surface area contributed by atoms with E-state index in [0.29, 0.717) is 17.0 Å². The molecular formula is C17H22Cl2FN5O3. The molecule has 0 aliphatic heterocycles. The maximum atomic E-state index is 14.0. The highest BCUT2D eigenvalue weighted by atomic mass is 35.5. The van der Waals surface area contributed by atoms with Crippen LogP contribution in [0.2, 0.25) is 0 Å². The smallest absolute Gasteiger partial charge is 0.257 e. The van der Waals surface area contributed by atoms with E-state index in [0.717, 1.165) is 6.07 Å². The first-order valence-corrected chi connectivity index (χ1v) is 7.59. The summed E-state index contributed by atoms with van der Waals surface area (Å²) in [7, 11) is 2.83. The van der Waals surface area contributed by atoms with E-state index in [2.05, 4.69) is 16.2 Å². The van der Waals surface area contributed by atoms with Crippen molar-refractivity contribution in [1.82, 2.24) is 5.43 Å². The topological polar surface area (TPSA) is 121 Å². The van der Waals surface area contributed by atoms with Crippen molar-refractivity contribution >= 4 is 47.9 Å². The van der Waals surface area contributed by atoms with E-state index in [4.69, 9.17) is 20.6 Å². The van der Waals surface area contributed by atoms with Crippen molar-refractivity contribution in [3.05, 3.63) is 47.8 Å². The number of nitrogen functional groups attached to an aromatic ring is 1. The first kappa shape index (κ1) is 25.1. The molecule has 11 heteroatoms. The van der Waals surface area contributed by atoms with Gasteiger partial charge in [0.25, 0.3) is 5.91 Å². The van der Waals surface area contributed by atoms with Crippen LogP contribution in [0.15, 0.2) is 36.4 Å². The van der Waals surface area contributed by atoms with E-state index in [-0.39, 0.29) is 48.6 Å². The summed E-state index contributed by atoms with van der Waals surface area (Å²) in [6.07, 6.45) is 0. The molecule has 0 heterocycles. The van der Waals surface area contributed by atoms with Crippen molar-refractivity contribution < 1.29 is 18.7 Å². The van der Waals surface area contributed by atoms with Gasteiger partial charge in [-0.25, -0.2) is 4.39 Å². The third kappa shape index (κ3) is 6.67. The van der Waals surface area contributed by atoms with Gasteiger partial charge in [0, 0.05) is 23.4 Å². The van der Waals surface area contributed by atoms with Crippen molar-refractivity contribution in [3.63, 3.8) is 0 Å². The van der Waals surface area contributed by atoms with Crippen molar-refractivity contribution in [2.24, 2.45) is 5.73 Å². The third-order valence-corrected chi connectivity index (χ3v) is 3.46. The Kier molecular flexibility index (Phi) is 10.5. The van der Waals surface area contributed by atoms with Crippen LogP contribution in [0.4, 0.5) is 15.8 Å². The minimum Gasteiger partial charge on any atom is -0.493 e. The van der Waals surface area contributed by atoms with Gasteiger partial charge in [-0.3, -0.25) is 21.1 Å². The van der Waals surface area contributed by atoms with E-state index in [1.807, 2.05) is 0 Å². The monoisotopic (exact) mass is 433 g/mol. The largest absolute Gasteiger partial charge is 0.493 e. The fourth-order valence-electron chi connectivity index (χ4n) is 2.08. The summed E-state index contributed by atoms with van der Waals surface area (Å²) in [5, 5.41) is 10.2. The lowest BCUT2D eigenvalue weighted by Crippen LogP contribution is -2.34. The lowest BCUT2D eigenvalue weighted by Gasteiger charge is -2.13. The number of hydrogen-bond acceptors (Lipinski definition) is 6. The van der Waals surface area contributed by atoms with E-state index in [1.165, 1.54) is 20.3 Å². The second-order valence-electron chi connectivity index (χ2n) is 5.20. The van der Waals surface area contributed by atoms with Crippen molar-refractivity contribution in [3.8, 4) is 11.5 Å². The Labute approximate surface area is 174 Å².